The van der Waals surface area contributed by atoms with E-state index in [0.29, 0.717) is 0 Å². The average molecular weight is 308 g/mol. The molecular formula is C18H18N3S+. The summed E-state index contributed by atoms with van der Waals surface area (Å²) < 4.78 is 0. The van der Waals surface area contributed by atoms with E-state index in [4.69, 9.17) is 0 Å². The van der Waals surface area contributed by atoms with Crippen LogP contribution >= 0.6 is 0 Å². The molecule has 3 rings (SSSR count). The zero-order valence-corrected chi connectivity index (χ0v) is 12.9. The molecule has 0 aromatic heterocycles. The van der Waals surface area contributed by atoms with Crippen molar-refractivity contribution >= 4 is 10.9 Å². The van der Waals surface area contributed by atoms with Gasteiger partial charge in [0.2, 0.25) is 15.1 Å². The zero-order valence-electron chi connectivity index (χ0n) is 12.1. The minimum Gasteiger partial charge on any atom is -0.322 e. The van der Waals surface area contributed by atoms with Crippen LogP contribution in [0.4, 0.5) is 0 Å². The summed E-state index contributed by atoms with van der Waals surface area (Å²) in [6.45, 7) is 0. The van der Waals surface area contributed by atoms with Gasteiger partial charge in [0.15, 0.2) is 10.9 Å². The lowest BCUT2D eigenvalue weighted by Gasteiger charge is -2.14. The quantitative estimate of drug-likeness (QED) is 0.701. The largest absolute Gasteiger partial charge is 0.322 e. The van der Waals surface area contributed by atoms with Crippen molar-refractivity contribution in [1.82, 2.24) is 16.0 Å². The SMILES string of the molecule is C1=CC=C([S+](C2=CC=CC=CN2)C2=CC=CC=CN2)NC=C1. The fourth-order valence-corrected chi connectivity index (χ4v) is 3.97. The van der Waals surface area contributed by atoms with E-state index in [9.17, 15) is 0 Å². The van der Waals surface area contributed by atoms with Gasteiger partial charge in [-0.3, -0.25) is 0 Å². The van der Waals surface area contributed by atoms with Crippen molar-refractivity contribution in [2.24, 2.45) is 0 Å². The Morgan fingerprint density at radius 1 is 0.455 bits per heavy atom. The maximum Gasteiger partial charge on any atom is 0.239 e. The van der Waals surface area contributed by atoms with Gasteiger partial charge in [-0.1, -0.05) is 36.5 Å². The summed E-state index contributed by atoms with van der Waals surface area (Å²) in [5.41, 5.74) is 0. The third kappa shape index (κ3) is 3.54. The first-order valence-electron chi connectivity index (χ1n) is 7.09. The number of allylic oxidation sites excluding steroid dienone is 12. The van der Waals surface area contributed by atoms with Crippen LogP contribution in [0.5, 0.6) is 0 Å². The first kappa shape index (κ1) is 14.4. The molecule has 4 heteroatoms. The summed E-state index contributed by atoms with van der Waals surface area (Å²) in [4.78, 5) is 0. The summed E-state index contributed by atoms with van der Waals surface area (Å²) in [6.07, 6.45) is 30.4. The molecule has 22 heavy (non-hydrogen) atoms. The molecule has 3 N–H and O–H groups in total. The normalized spacial score (nSPS) is 19.2. The molecule has 0 saturated carbocycles. The third-order valence-corrected chi connectivity index (χ3v) is 5.12. The maximum absolute atomic E-state index is 3.39. The lowest BCUT2D eigenvalue weighted by Crippen LogP contribution is -2.29. The Labute approximate surface area is 133 Å². The Morgan fingerprint density at radius 2 is 0.818 bits per heavy atom. The molecule has 0 bridgehead atoms. The highest BCUT2D eigenvalue weighted by Crippen LogP contribution is 2.26. The number of nitrogens with one attached hydrogen (secondary N) is 3. The van der Waals surface area contributed by atoms with Crippen LogP contribution in [0.1, 0.15) is 0 Å². The predicted molar refractivity (Wildman–Crippen MR) is 95.9 cm³/mol. The van der Waals surface area contributed by atoms with Gasteiger partial charge in [0.25, 0.3) is 0 Å². The van der Waals surface area contributed by atoms with Gasteiger partial charge in [-0.25, -0.2) is 0 Å². The van der Waals surface area contributed by atoms with E-state index in [-0.39, 0.29) is 10.9 Å². The zero-order chi connectivity index (χ0) is 15.0. The van der Waals surface area contributed by atoms with E-state index in [1.807, 2.05) is 55.1 Å². The van der Waals surface area contributed by atoms with E-state index in [0.717, 1.165) is 15.1 Å². The second kappa shape index (κ2) is 7.43. The number of rotatable bonds is 3. The monoisotopic (exact) mass is 308 g/mol. The lowest BCUT2D eigenvalue weighted by molar-refractivity contribution is 1.11. The van der Waals surface area contributed by atoms with Crippen molar-refractivity contribution < 1.29 is 0 Å². The van der Waals surface area contributed by atoms with Crippen molar-refractivity contribution in [3.63, 3.8) is 0 Å². The molecule has 0 aromatic rings. The van der Waals surface area contributed by atoms with E-state index in [1.165, 1.54) is 0 Å². The topological polar surface area (TPSA) is 36.1 Å². The van der Waals surface area contributed by atoms with Crippen LogP contribution in [0.25, 0.3) is 0 Å². The summed E-state index contributed by atoms with van der Waals surface area (Å²) in [5.74, 6) is 0. The standard InChI is InChI=1S/C18H18N3S/c1-4-10-16(19-13-7-1)22(17-11-5-2-8-14-20-17)18-12-6-3-9-15-21-18/h1-15,19-21H/q+1. The van der Waals surface area contributed by atoms with E-state index in [1.54, 1.807) is 0 Å². The van der Waals surface area contributed by atoms with Crippen LogP contribution in [-0.4, -0.2) is 0 Å². The Bertz CT molecular complexity index is 590. The molecular weight excluding hydrogens is 290 g/mol. The lowest BCUT2D eigenvalue weighted by atomic mass is 10.5. The van der Waals surface area contributed by atoms with Crippen LogP contribution in [0, 0.1) is 0 Å². The summed E-state index contributed by atoms with van der Waals surface area (Å²) >= 11 is 0. The van der Waals surface area contributed by atoms with Crippen LogP contribution in [0.2, 0.25) is 0 Å². The van der Waals surface area contributed by atoms with Crippen molar-refractivity contribution in [2.45, 2.75) is 0 Å². The van der Waals surface area contributed by atoms with Crippen molar-refractivity contribution in [1.29, 1.82) is 0 Å². The van der Waals surface area contributed by atoms with E-state index >= 15 is 0 Å². The molecule has 0 radical (unpaired) electrons. The molecule has 110 valence electrons. The summed E-state index contributed by atoms with van der Waals surface area (Å²) in [5, 5.41) is 13.6. The molecule has 0 saturated heterocycles. The maximum atomic E-state index is 3.39. The Kier molecular flexibility index (Phi) is 4.85. The molecule has 3 nitrogen and oxygen atoms in total. The van der Waals surface area contributed by atoms with Gasteiger partial charge in [-0.2, -0.15) is 0 Å². The molecule has 0 spiro atoms. The fraction of sp³-hybridized carbons (Fsp3) is 0. The Morgan fingerprint density at radius 3 is 1.18 bits per heavy atom. The van der Waals surface area contributed by atoms with E-state index in [2.05, 4.69) is 52.4 Å². The Balaban J connectivity index is 2.00. The van der Waals surface area contributed by atoms with Gasteiger partial charge < -0.3 is 16.0 Å². The van der Waals surface area contributed by atoms with E-state index < -0.39 is 0 Å². The summed E-state index contributed by atoms with van der Waals surface area (Å²) in [7, 11) is -0.275. The minimum atomic E-state index is -0.275. The van der Waals surface area contributed by atoms with Crippen molar-refractivity contribution in [2.75, 3.05) is 0 Å². The summed E-state index contributed by atoms with van der Waals surface area (Å²) in [6, 6.07) is 0. The van der Waals surface area contributed by atoms with Crippen molar-refractivity contribution in [3.05, 3.63) is 107 Å². The smallest absolute Gasteiger partial charge is 0.239 e. The number of hydrogen-bond acceptors (Lipinski definition) is 3. The molecule has 0 unspecified atom stereocenters. The molecule has 3 heterocycles. The Hall–Kier alpha value is -2.59. The first-order valence-corrected chi connectivity index (χ1v) is 8.32. The highest BCUT2D eigenvalue weighted by Gasteiger charge is 2.35. The van der Waals surface area contributed by atoms with Gasteiger partial charge >= 0.3 is 0 Å². The molecule has 3 aliphatic rings. The predicted octanol–water partition coefficient (Wildman–Crippen LogP) is 3.15. The molecule has 3 aliphatic heterocycles. The van der Waals surface area contributed by atoms with Gasteiger partial charge in [0.1, 0.15) is 0 Å². The first-order chi connectivity index (χ1) is 10.9. The van der Waals surface area contributed by atoms with Crippen LogP contribution in [-0.2, 0) is 10.9 Å². The van der Waals surface area contributed by atoms with Gasteiger partial charge in [0, 0.05) is 36.8 Å². The molecule has 0 fully saturated rings. The molecule has 0 atom stereocenters. The van der Waals surface area contributed by atoms with Gasteiger partial charge in [-0.15, -0.1) is 0 Å². The van der Waals surface area contributed by atoms with Crippen LogP contribution in [0.15, 0.2) is 107 Å². The van der Waals surface area contributed by atoms with Crippen LogP contribution in [0.3, 0.4) is 0 Å². The highest BCUT2D eigenvalue weighted by molar-refractivity contribution is 8.07. The number of hydrogen-bond donors (Lipinski definition) is 3. The minimum absolute atomic E-state index is 0.275. The molecule has 0 aromatic carbocycles. The highest BCUT2D eigenvalue weighted by atomic mass is 32.2. The van der Waals surface area contributed by atoms with Crippen molar-refractivity contribution in [3.8, 4) is 0 Å². The second-order valence-electron chi connectivity index (χ2n) is 4.56. The van der Waals surface area contributed by atoms with Gasteiger partial charge in [0.05, 0.1) is 0 Å². The average Bonchev–Trinajstić information content (AvgIpc) is 3.04. The van der Waals surface area contributed by atoms with Crippen LogP contribution < -0.4 is 16.0 Å². The molecule has 0 aliphatic carbocycles. The third-order valence-electron chi connectivity index (χ3n) is 3.03. The fourth-order valence-electron chi connectivity index (χ4n) is 2.06. The molecule has 0 amide bonds. The second-order valence-corrected chi connectivity index (χ2v) is 6.50. The van der Waals surface area contributed by atoms with Gasteiger partial charge in [-0.05, 0) is 18.2 Å².